The molecule has 5 nitrogen and oxygen atoms in total. The molecular weight excluding hydrogens is 373 g/mol. The summed E-state index contributed by atoms with van der Waals surface area (Å²) in [4.78, 5) is 14.4. The number of phenolic OH excluding ortho intramolecular Hbond substituents is 1. The molecule has 0 unspecified atom stereocenters. The van der Waals surface area contributed by atoms with Crippen LogP contribution in [0, 0.1) is 0 Å². The smallest absolute Gasteiger partial charge is 0.265 e. The van der Waals surface area contributed by atoms with Crippen LogP contribution in [-0.4, -0.2) is 35.9 Å². The Morgan fingerprint density at radius 2 is 1.65 bits per heavy atom. The van der Waals surface area contributed by atoms with Crippen LogP contribution in [0.2, 0.25) is 0 Å². The van der Waals surface area contributed by atoms with Crippen molar-refractivity contribution >= 4 is 34.8 Å². The van der Waals surface area contributed by atoms with Gasteiger partial charge >= 0.3 is 0 Å². The van der Waals surface area contributed by atoms with Crippen LogP contribution in [-0.2, 0) is 6.54 Å². The SMILES string of the molecule is O=C(NNCc1ccc(O)cc1)c1ccc(N(CCCl)CCCCl)cc1. The quantitative estimate of drug-likeness (QED) is 0.425. The van der Waals surface area contributed by atoms with E-state index in [4.69, 9.17) is 23.2 Å². The Morgan fingerprint density at radius 3 is 2.27 bits per heavy atom. The number of hydrogen-bond donors (Lipinski definition) is 3. The van der Waals surface area contributed by atoms with Gasteiger partial charge in [-0.2, -0.15) is 0 Å². The largest absolute Gasteiger partial charge is 0.508 e. The third-order valence-electron chi connectivity index (χ3n) is 3.84. The predicted molar refractivity (Wildman–Crippen MR) is 107 cm³/mol. The van der Waals surface area contributed by atoms with E-state index >= 15 is 0 Å². The molecule has 0 atom stereocenters. The number of halogens is 2. The van der Waals surface area contributed by atoms with Gasteiger partial charge < -0.3 is 10.0 Å². The van der Waals surface area contributed by atoms with Gasteiger partial charge in [0.25, 0.3) is 5.91 Å². The van der Waals surface area contributed by atoms with Gasteiger partial charge in [0.15, 0.2) is 0 Å². The Morgan fingerprint density at radius 1 is 0.962 bits per heavy atom. The number of nitrogens with one attached hydrogen (secondary N) is 2. The predicted octanol–water partition coefficient (Wildman–Crippen LogP) is 3.50. The highest BCUT2D eigenvalue weighted by molar-refractivity contribution is 6.18. The fourth-order valence-corrected chi connectivity index (χ4v) is 2.78. The van der Waals surface area contributed by atoms with Gasteiger partial charge in [0.05, 0.1) is 0 Å². The van der Waals surface area contributed by atoms with Gasteiger partial charge in [-0.3, -0.25) is 10.2 Å². The lowest BCUT2D eigenvalue weighted by atomic mass is 10.2. The van der Waals surface area contributed by atoms with E-state index in [2.05, 4.69) is 15.8 Å². The fraction of sp³-hybridized carbons (Fsp3) is 0.316. The molecule has 140 valence electrons. The molecule has 26 heavy (non-hydrogen) atoms. The maximum atomic E-state index is 12.2. The lowest BCUT2D eigenvalue weighted by molar-refractivity contribution is 0.0932. The van der Waals surface area contributed by atoms with E-state index in [1.165, 1.54) is 0 Å². The standard InChI is InChI=1S/C19H23Cl2N3O2/c20-10-1-12-24(13-11-21)17-6-4-16(5-7-17)19(26)23-22-14-15-2-8-18(25)9-3-15/h2-9,22,25H,1,10-14H2,(H,23,26). The average molecular weight is 396 g/mol. The van der Waals surface area contributed by atoms with E-state index in [-0.39, 0.29) is 11.7 Å². The summed E-state index contributed by atoms with van der Waals surface area (Å²) in [6.07, 6.45) is 0.877. The summed E-state index contributed by atoms with van der Waals surface area (Å²) in [5, 5.41) is 9.25. The van der Waals surface area contributed by atoms with Crippen molar-refractivity contribution in [2.24, 2.45) is 0 Å². The molecule has 0 bridgehead atoms. The Balaban J connectivity index is 1.87. The van der Waals surface area contributed by atoms with Crippen molar-refractivity contribution in [1.82, 2.24) is 10.9 Å². The normalized spacial score (nSPS) is 10.5. The number of hydrazine groups is 1. The van der Waals surface area contributed by atoms with Crippen LogP contribution in [0.15, 0.2) is 48.5 Å². The number of benzene rings is 2. The van der Waals surface area contributed by atoms with Gasteiger partial charge in [-0.1, -0.05) is 12.1 Å². The summed E-state index contributed by atoms with van der Waals surface area (Å²) in [6, 6.07) is 14.2. The zero-order valence-electron chi connectivity index (χ0n) is 14.4. The van der Waals surface area contributed by atoms with Crippen LogP contribution in [0.1, 0.15) is 22.3 Å². The number of hydrogen-bond acceptors (Lipinski definition) is 4. The van der Waals surface area contributed by atoms with E-state index in [0.717, 1.165) is 30.8 Å². The molecule has 0 aliphatic rings. The number of alkyl halides is 2. The van der Waals surface area contributed by atoms with Crippen LogP contribution >= 0.6 is 23.2 Å². The van der Waals surface area contributed by atoms with Gasteiger partial charge in [-0.05, 0) is 48.4 Å². The molecule has 0 aliphatic carbocycles. The summed E-state index contributed by atoms with van der Waals surface area (Å²) < 4.78 is 0. The fourth-order valence-electron chi connectivity index (χ4n) is 2.46. The molecule has 0 radical (unpaired) electrons. The van der Waals surface area contributed by atoms with Crippen LogP contribution in [0.4, 0.5) is 5.69 Å². The Bertz CT molecular complexity index is 678. The number of amides is 1. The third kappa shape index (κ3) is 6.41. The molecule has 0 saturated carbocycles. The van der Waals surface area contributed by atoms with Crippen molar-refractivity contribution in [2.75, 3.05) is 29.7 Å². The number of phenols is 1. The number of rotatable bonds is 10. The molecule has 2 aromatic carbocycles. The molecule has 7 heteroatoms. The molecule has 0 saturated heterocycles. The van der Waals surface area contributed by atoms with Gasteiger partial charge in [0.2, 0.25) is 0 Å². The van der Waals surface area contributed by atoms with Crippen molar-refractivity contribution in [1.29, 1.82) is 0 Å². The maximum absolute atomic E-state index is 12.2. The van der Waals surface area contributed by atoms with E-state index in [1.54, 1.807) is 36.4 Å². The topological polar surface area (TPSA) is 64.6 Å². The minimum absolute atomic E-state index is 0.208. The molecule has 3 N–H and O–H groups in total. The second-order valence-electron chi connectivity index (χ2n) is 5.74. The minimum Gasteiger partial charge on any atom is -0.508 e. The summed E-state index contributed by atoms with van der Waals surface area (Å²) >= 11 is 11.6. The molecule has 0 heterocycles. The molecule has 2 rings (SSSR count). The molecule has 1 amide bonds. The maximum Gasteiger partial charge on any atom is 0.265 e. The first kappa shape index (κ1) is 20.4. The molecule has 0 aliphatic heterocycles. The molecule has 0 fully saturated rings. The first-order chi connectivity index (χ1) is 12.6. The molecule has 0 spiro atoms. The first-order valence-corrected chi connectivity index (χ1v) is 9.49. The molecule has 2 aromatic rings. The van der Waals surface area contributed by atoms with Crippen LogP contribution in [0.25, 0.3) is 0 Å². The number of aromatic hydroxyl groups is 1. The Labute approximate surface area is 163 Å². The highest BCUT2D eigenvalue weighted by Crippen LogP contribution is 2.16. The van der Waals surface area contributed by atoms with Crippen LogP contribution < -0.4 is 15.8 Å². The number of carbonyl (C=O) groups is 1. The summed E-state index contributed by atoms with van der Waals surface area (Å²) in [5.74, 6) is 1.14. The van der Waals surface area contributed by atoms with Gasteiger partial charge in [-0.15, -0.1) is 23.2 Å². The second kappa shape index (κ2) is 10.9. The summed E-state index contributed by atoms with van der Waals surface area (Å²) in [7, 11) is 0. The average Bonchev–Trinajstić information content (AvgIpc) is 2.67. The summed E-state index contributed by atoms with van der Waals surface area (Å²) in [6.45, 7) is 2.03. The van der Waals surface area contributed by atoms with Crippen LogP contribution in [0.3, 0.4) is 0 Å². The van der Waals surface area contributed by atoms with Crippen molar-refractivity contribution in [3.05, 3.63) is 59.7 Å². The number of anilines is 1. The summed E-state index contributed by atoms with van der Waals surface area (Å²) in [5.41, 5.74) is 8.08. The van der Waals surface area contributed by atoms with Crippen molar-refractivity contribution in [3.8, 4) is 5.75 Å². The van der Waals surface area contributed by atoms with Gasteiger partial charge in [0.1, 0.15) is 5.75 Å². The Kier molecular flexibility index (Phi) is 8.54. The van der Waals surface area contributed by atoms with Gasteiger partial charge in [-0.25, -0.2) is 5.43 Å². The lowest BCUT2D eigenvalue weighted by Crippen LogP contribution is -2.36. The monoisotopic (exact) mass is 395 g/mol. The van der Waals surface area contributed by atoms with E-state index in [9.17, 15) is 9.90 Å². The second-order valence-corrected chi connectivity index (χ2v) is 6.50. The number of nitrogens with zero attached hydrogens (tertiary/aromatic N) is 1. The highest BCUT2D eigenvalue weighted by atomic mass is 35.5. The first-order valence-electron chi connectivity index (χ1n) is 8.42. The third-order valence-corrected chi connectivity index (χ3v) is 4.28. The van der Waals surface area contributed by atoms with Crippen molar-refractivity contribution in [3.63, 3.8) is 0 Å². The minimum atomic E-state index is -0.208. The van der Waals surface area contributed by atoms with E-state index in [1.807, 2.05) is 12.1 Å². The van der Waals surface area contributed by atoms with Crippen molar-refractivity contribution < 1.29 is 9.90 Å². The van der Waals surface area contributed by atoms with E-state index < -0.39 is 0 Å². The molecular formula is C19H23Cl2N3O2. The number of carbonyl (C=O) groups excluding carboxylic acids is 1. The lowest BCUT2D eigenvalue weighted by Gasteiger charge is -2.23. The zero-order chi connectivity index (χ0) is 18.8. The highest BCUT2D eigenvalue weighted by Gasteiger charge is 2.09. The zero-order valence-corrected chi connectivity index (χ0v) is 15.9. The van der Waals surface area contributed by atoms with Gasteiger partial charge in [0, 0.05) is 42.6 Å². The molecule has 0 aromatic heterocycles. The van der Waals surface area contributed by atoms with Crippen LogP contribution in [0.5, 0.6) is 5.75 Å². The Hall–Kier alpha value is -1.95. The van der Waals surface area contributed by atoms with E-state index in [0.29, 0.717) is 23.9 Å². The van der Waals surface area contributed by atoms with Crippen molar-refractivity contribution in [2.45, 2.75) is 13.0 Å².